The first-order chi connectivity index (χ1) is 4.93. The van der Waals surface area contributed by atoms with Crippen molar-refractivity contribution in [3.05, 3.63) is 16.4 Å². The van der Waals surface area contributed by atoms with Crippen molar-refractivity contribution in [2.24, 2.45) is 0 Å². The van der Waals surface area contributed by atoms with Crippen molar-refractivity contribution in [1.29, 1.82) is 0 Å². The lowest BCUT2D eigenvalue weighted by Crippen LogP contribution is -2.12. The van der Waals surface area contributed by atoms with Crippen molar-refractivity contribution in [3.63, 3.8) is 0 Å². The Morgan fingerprint density at radius 3 is 2.09 bits per heavy atom. The lowest BCUT2D eigenvalue weighted by molar-refractivity contribution is 0.567. The van der Waals surface area contributed by atoms with E-state index in [-0.39, 0.29) is 5.41 Å². The molecule has 1 rings (SSSR count). The average Bonchev–Trinajstić information content (AvgIpc) is 2.11. The molecule has 0 spiro atoms. The number of hydrogen-bond donors (Lipinski definition) is 1. The topological polar surface area (TPSA) is 28.7 Å². The van der Waals surface area contributed by atoms with Crippen molar-refractivity contribution in [2.75, 3.05) is 0 Å². The Labute approximate surface area is 72.0 Å². The Bertz CT molecular complexity index is 258. The summed E-state index contributed by atoms with van der Waals surface area (Å²) in [6.07, 6.45) is 0. The van der Waals surface area contributed by atoms with E-state index in [0.29, 0.717) is 0 Å². The number of aryl methyl sites for hydroxylation is 1. The number of aromatic amines is 1. The van der Waals surface area contributed by atoms with Crippen LogP contribution in [-0.4, -0.2) is 10.2 Å². The molecule has 0 amide bonds. The lowest BCUT2D eigenvalue weighted by Gasteiger charge is -2.15. The second kappa shape index (κ2) is 2.52. The molecule has 0 saturated heterocycles. The van der Waals surface area contributed by atoms with Crippen molar-refractivity contribution >= 4 is 11.6 Å². The normalized spacial score (nSPS) is 12.1. The van der Waals surface area contributed by atoms with Gasteiger partial charge in [-0.3, -0.25) is 5.10 Å². The molecule has 0 aliphatic heterocycles. The van der Waals surface area contributed by atoms with Crippen LogP contribution in [-0.2, 0) is 5.41 Å². The molecule has 0 aliphatic rings. The van der Waals surface area contributed by atoms with Gasteiger partial charge in [-0.25, -0.2) is 0 Å². The van der Waals surface area contributed by atoms with Gasteiger partial charge >= 0.3 is 0 Å². The highest BCUT2D eigenvalue weighted by atomic mass is 35.5. The number of H-pyrrole nitrogens is 1. The first-order valence-corrected chi connectivity index (χ1v) is 4.01. The highest BCUT2D eigenvalue weighted by molar-refractivity contribution is 6.31. The molecule has 0 fully saturated rings. The maximum absolute atomic E-state index is 6.00. The van der Waals surface area contributed by atoms with E-state index in [1.54, 1.807) is 0 Å². The molecule has 11 heavy (non-hydrogen) atoms. The Morgan fingerprint density at radius 2 is 1.91 bits per heavy atom. The minimum absolute atomic E-state index is 0.0539. The summed E-state index contributed by atoms with van der Waals surface area (Å²) in [4.78, 5) is 0. The maximum atomic E-state index is 6.00. The van der Waals surface area contributed by atoms with Crippen LogP contribution < -0.4 is 0 Å². The summed E-state index contributed by atoms with van der Waals surface area (Å²) in [6.45, 7) is 8.21. The number of rotatable bonds is 0. The van der Waals surface area contributed by atoms with Gasteiger partial charge in [-0.1, -0.05) is 32.4 Å². The zero-order valence-corrected chi connectivity index (χ0v) is 8.08. The Hall–Kier alpha value is -0.500. The molecule has 62 valence electrons. The van der Waals surface area contributed by atoms with Gasteiger partial charge in [0.2, 0.25) is 0 Å². The standard InChI is InChI=1S/C8H13ClN2/c1-5-6(9)7(11-10-5)8(2,3)4/h1-4H3,(H,10,11). The summed E-state index contributed by atoms with van der Waals surface area (Å²) in [7, 11) is 0. The first kappa shape index (κ1) is 8.60. The number of nitrogens with zero attached hydrogens (tertiary/aromatic N) is 1. The van der Waals surface area contributed by atoms with Gasteiger partial charge in [-0.05, 0) is 6.92 Å². The smallest absolute Gasteiger partial charge is 0.0849 e. The molecule has 0 unspecified atom stereocenters. The quantitative estimate of drug-likeness (QED) is 0.641. The van der Waals surface area contributed by atoms with E-state index in [0.717, 1.165) is 16.4 Å². The number of nitrogens with one attached hydrogen (secondary N) is 1. The van der Waals surface area contributed by atoms with Crippen molar-refractivity contribution in [3.8, 4) is 0 Å². The Kier molecular flexibility index (Phi) is 1.97. The van der Waals surface area contributed by atoms with Crippen molar-refractivity contribution < 1.29 is 0 Å². The molecule has 0 aromatic carbocycles. The Morgan fingerprint density at radius 1 is 1.36 bits per heavy atom. The van der Waals surface area contributed by atoms with Crippen molar-refractivity contribution in [1.82, 2.24) is 10.2 Å². The Balaban J connectivity index is 3.15. The van der Waals surface area contributed by atoms with Gasteiger partial charge in [0, 0.05) is 5.41 Å². The molecule has 1 aromatic heterocycles. The molecule has 0 saturated carbocycles. The van der Waals surface area contributed by atoms with Crippen LogP contribution in [0.2, 0.25) is 5.02 Å². The van der Waals surface area contributed by atoms with E-state index in [4.69, 9.17) is 11.6 Å². The van der Waals surface area contributed by atoms with Gasteiger partial charge in [0.25, 0.3) is 0 Å². The fourth-order valence-corrected chi connectivity index (χ4v) is 1.28. The predicted molar refractivity (Wildman–Crippen MR) is 47.0 cm³/mol. The maximum Gasteiger partial charge on any atom is 0.0849 e. The second-order valence-corrected chi connectivity index (χ2v) is 4.13. The van der Waals surface area contributed by atoms with E-state index < -0.39 is 0 Å². The summed E-state index contributed by atoms with van der Waals surface area (Å²) in [5.74, 6) is 0. The molecule has 0 atom stereocenters. The van der Waals surface area contributed by atoms with Crippen LogP contribution in [0.15, 0.2) is 0 Å². The third-order valence-corrected chi connectivity index (χ3v) is 2.09. The van der Waals surface area contributed by atoms with Gasteiger partial charge in [0.15, 0.2) is 0 Å². The summed E-state index contributed by atoms with van der Waals surface area (Å²) < 4.78 is 0. The molecule has 0 bridgehead atoms. The van der Waals surface area contributed by atoms with Gasteiger partial charge in [0.05, 0.1) is 16.4 Å². The summed E-state index contributed by atoms with van der Waals surface area (Å²) in [5, 5.41) is 7.72. The fraction of sp³-hybridized carbons (Fsp3) is 0.625. The molecule has 0 aliphatic carbocycles. The summed E-state index contributed by atoms with van der Waals surface area (Å²) >= 11 is 6.00. The van der Waals surface area contributed by atoms with E-state index in [9.17, 15) is 0 Å². The molecular weight excluding hydrogens is 160 g/mol. The highest BCUT2D eigenvalue weighted by Gasteiger charge is 2.20. The molecule has 1 heterocycles. The number of aromatic nitrogens is 2. The monoisotopic (exact) mass is 172 g/mol. The van der Waals surface area contributed by atoms with Crippen LogP contribution in [0.3, 0.4) is 0 Å². The van der Waals surface area contributed by atoms with E-state index in [2.05, 4.69) is 31.0 Å². The number of halogens is 1. The van der Waals surface area contributed by atoms with Crippen LogP contribution in [0.25, 0.3) is 0 Å². The zero-order valence-electron chi connectivity index (χ0n) is 7.33. The molecule has 2 nitrogen and oxygen atoms in total. The van der Waals surface area contributed by atoms with Crippen LogP contribution in [0.1, 0.15) is 32.2 Å². The highest BCUT2D eigenvalue weighted by Crippen LogP contribution is 2.28. The first-order valence-electron chi connectivity index (χ1n) is 3.64. The van der Waals surface area contributed by atoms with Crippen LogP contribution in [0, 0.1) is 6.92 Å². The average molecular weight is 173 g/mol. The van der Waals surface area contributed by atoms with Gasteiger partial charge in [-0.15, -0.1) is 0 Å². The minimum atomic E-state index is 0.0539. The SMILES string of the molecule is Cc1n[nH]c(C(C)(C)C)c1Cl. The molecule has 1 N–H and O–H groups in total. The van der Waals surface area contributed by atoms with Gasteiger partial charge < -0.3 is 0 Å². The van der Waals surface area contributed by atoms with E-state index in [1.165, 1.54) is 0 Å². The third-order valence-electron chi connectivity index (χ3n) is 1.62. The van der Waals surface area contributed by atoms with E-state index in [1.807, 2.05) is 6.92 Å². The van der Waals surface area contributed by atoms with E-state index >= 15 is 0 Å². The second-order valence-electron chi connectivity index (χ2n) is 3.75. The lowest BCUT2D eigenvalue weighted by atomic mass is 9.92. The minimum Gasteiger partial charge on any atom is -0.280 e. The summed E-state index contributed by atoms with van der Waals surface area (Å²) in [6, 6.07) is 0. The summed E-state index contributed by atoms with van der Waals surface area (Å²) in [5.41, 5.74) is 1.94. The van der Waals surface area contributed by atoms with Crippen LogP contribution in [0.5, 0.6) is 0 Å². The third kappa shape index (κ3) is 1.56. The molecule has 1 aromatic rings. The fourth-order valence-electron chi connectivity index (χ4n) is 0.916. The largest absolute Gasteiger partial charge is 0.280 e. The number of hydrogen-bond acceptors (Lipinski definition) is 1. The zero-order chi connectivity index (χ0) is 8.65. The molecule has 3 heteroatoms. The molecule has 0 radical (unpaired) electrons. The van der Waals surface area contributed by atoms with Crippen LogP contribution >= 0.6 is 11.6 Å². The molecular formula is C8H13ClN2. The van der Waals surface area contributed by atoms with Gasteiger partial charge in [0.1, 0.15) is 0 Å². The van der Waals surface area contributed by atoms with Crippen molar-refractivity contribution in [2.45, 2.75) is 33.1 Å². The van der Waals surface area contributed by atoms with Gasteiger partial charge in [-0.2, -0.15) is 5.10 Å². The van der Waals surface area contributed by atoms with Crippen LogP contribution in [0.4, 0.5) is 0 Å². The predicted octanol–water partition coefficient (Wildman–Crippen LogP) is 2.67.